The molecule has 1 aromatic heterocycles. The highest BCUT2D eigenvalue weighted by Crippen LogP contribution is 2.77. The van der Waals surface area contributed by atoms with Gasteiger partial charge < -0.3 is 14.7 Å². The van der Waals surface area contributed by atoms with Crippen LogP contribution in [-0.2, 0) is 19.1 Å². The molecule has 6 rings (SSSR count). The van der Waals surface area contributed by atoms with E-state index >= 15 is 0 Å². The molecular weight excluding hydrogens is 699 g/mol. The zero-order valence-corrected chi connectivity index (χ0v) is 37.1. The average molecular weight is 774 g/mol. The second-order valence-corrected chi connectivity index (χ2v) is 21.7. The first kappa shape index (κ1) is 43.0. The highest BCUT2D eigenvalue weighted by atomic mass is 16.5. The molecule has 0 bridgehead atoms. The number of ketones is 1. The summed E-state index contributed by atoms with van der Waals surface area (Å²) in [5.74, 6) is 0.628. The Morgan fingerprint density at radius 2 is 1.57 bits per heavy atom. The van der Waals surface area contributed by atoms with Crippen LogP contribution < -0.4 is 0 Å². The summed E-state index contributed by atoms with van der Waals surface area (Å²) in [6, 6.07) is 4.56. The Hall–Kier alpha value is -2.58. The first-order valence-electron chi connectivity index (χ1n) is 22.0. The van der Waals surface area contributed by atoms with Gasteiger partial charge in [0.15, 0.2) is 5.78 Å². The fraction of sp³-hybridized carbons (Fsp3) is 0.792. The molecule has 0 radical (unpaired) electrons. The van der Waals surface area contributed by atoms with E-state index in [2.05, 4.69) is 96.4 Å². The van der Waals surface area contributed by atoms with Crippen molar-refractivity contribution in [3.8, 4) is 0 Å². The number of likely N-dealkylation sites (N-methyl/N-ethyl adjacent to an activating group) is 1. The van der Waals surface area contributed by atoms with E-state index in [0.29, 0.717) is 30.0 Å². The third kappa shape index (κ3) is 7.13. The molecule has 1 N–H and O–H groups in total. The lowest BCUT2D eigenvalue weighted by molar-refractivity contribution is -0.233. The van der Waals surface area contributed by atoms with Crippen LogP contribution in [-0.4, -0.2) is 77.4 Å². The van der Waals surface area contributed by atoms with Crippen LogP contribution >= 0.6 is 0 Å². The predicted octanol–water partition coefficient (Wildman–Crippen LogP) is 9.79. The Bertz CT molecular complexity index is 1680. The Balaban J connectivity index is 1.27. The molecule has 0 spiro atoms. The topological polar surface area (TPSA) is 100 Å². The number of carboxylic acid groups (broad SMARTS) is 1. The van der Waals surface area contributed by atoms with E-state index in [4.69, 9.17) is 4.74 Å². The second-order valence-electron chi connectivity index (χ2n) is 21.7. The monoisotopic (exact) mass is 774 g/mol. The van der Waals surface area contributed by atoms with Gasteiger partial charge in [0.25, 0.3) is 0 Å². The number of Topliss-reactive ketones (excluding diaryl/α,β-unsaturated/α-hetero) is 1. The van der Waals surface area contributed by atoms with Crippen LogP contribution in [0.15, 0.2) is 35.7 Å². The van der Waals surface area contributed by atoms with Gasteiger partial charge in [-0.3, -0.25) is 24.3 Å². The van der Waals surface area contributed by atoms with E-state index in [-0.39, 0.29) is 51.6 Å². The SMILES string of the molecule is CC(C)C1=C2[C@H]3CC[C@@H]4[C@@]5(C)CC[C@H](OC(=O)CC(C)(C)C(=O)O)C(C)(C)[C@@H]5CC[C@@]4(C)[C@]3(C)CC[C@@]2(CCN(CCN(C)C)[C@@H](C)c2ccncc2)CC1=O. The van der Waals surface area contributed by atoms with Gasteiger partial charge in [-0.15, -0.1) is 0 Å². The van der Waals surface area contributed by atoms with Crippen LogP contribution in [0.25, 0.3) is 0 Å². The molecule has 0 aliphatic heterocycles. The zero-order chi connectivity index (χ0) is 41.2. The van der Waals surface area contributed by atoms with Gasteiger partial charge >= 0.3 is 11.9 Å². The molecule has 1 aromatic rings. The molecule has 9 atom stereocenters. The largest absolute Gasteiger partial charge is 0.481 e. The van der Waals surface area contributed by atoms with Crippen LogP contribution in [0.5, 0.6) is 0 Å². The lowest BCUT2D eigenvalue weighted by Crippen LogP contribution is -2.65. The van der Waals surface area contributed by atoms with Crippen molar-refractivity contribution in [2.75, 3.05) is 33.7 Å². The van der Waals surface area contributed by atoms with E-state index in [1.54, 1.807) is 19.4 Å². The first-order valence-corrected chi connectivity index (χ1v) is 22.0. The number of hydrogen-bond acceptors (Lipinski definition) is 7. The lowest BCUT2D eigenvalue weighted by atomic mass is 9.33. The van der Waals surface area contributed by atoms with Gasteiger partial charge in [-0.1, -0.05) is 54.0 Å². The van der Waals surface area contributed by atoms with E-state index in [1.807, 2.05) is 12.4 Å². The molecule has 4 saturated carbocycles. The number of nitrogens with zero attached hydrogens (tertiary/aromatic N) is 3. The third-order valence-electron chi connectivity index (χ3n) is 17.4. The third-order valence-corrected chi connectivity index (χ3v) is 17.4. The summed E-state index contributed by atoms with van der Waals surface area (Å²) >= 11 is 0. The predicted molar refractivity (Wildman–Crippen MR) is 223 cm³/mol. The van der Waals surface area contributed by atoms with Crippen LogP contribution in [0.1, 0.15) is 151 Å². The summed E-state index contributed by atoms with van der Waals surface area (Å²) < 4.78 is 6.21. The van der Waals surface area contributed by atoms with Crippen molar-refractivity contribution >= 4 is 17.7 Å². The summed E-state index contributed by atoms with van der Waals surface area (Å²) in [6.07, 6.45) is 13.8. The number of pyridine rings is 1. The Kier molecular flexibility index (Phi) is 11.7. The Morgan fingerprint density at radius 3 is 2.20 bits per heavy atom. The van der Waals surface area contributed by atoms with Gasteiger partial charge in [-0.05, 0) is 162 Å². The number of aliphatic carboxylic acids is 1. The summed E-state index contributed by atoms with van der Waals surface area (Å²) in [7, 11) is 4.30. The molecule has 56 heavy (non-hydrogen) atoms. The van der Waals surface area contributed by atoms with E-state index in [1.165, 1.54) is 17.6 Å². The molecule has 0 aromatic carbocycles. The van der Waals surface area contributed by atoms with Crippen molar-refractivity contribution < 1.29 is 24.2 Å². The van der Waals surface area contributed by atoms with Gasteiger partial charge in [0, 0.05) is 48.8 Å². The molecule has 5 aliphatic rings. The van der Waals surface area contributed by atoms with Gasteiger partial charge in [0.05, 0.1) is 11.8 Å². The first-order chi connectivity index (χ1) is 26.0. The number of fused-ring (bicyclic) bond motifs is 7. The van der Waals surface area contributed by atoms with Crippen molar-refractivity contribution in [1.29, 1.82) is 0 Å². The standard InChI is InChI=1S/C48H75N3O5/c1-31(2)40-35(52)29-48(23-26-51(28-27-50(11)12)32(3)33-17-24-49-25-18-33)22-21-46(9)34(41(40)48)13-14-37-45(8)19-16-38(56-39(53)30-43(4,5)42(54)55)44(6,7)36(45)15-20-47(37,46)10/h17-18,24-25,31-32,34,36-38H,13-16,19-23,26-30H2,1-12H3,(H,54,55)/t32-,34+,36-,37+,38-,45-,46+,47+,48+/m0/s1. The maximum Gasteiger partial charge on any atom is 0.309 e. The highest BCUT2D eigenvalue weighted by Gasteiger charge is 2.70. The minimum Gasteiger partial charge on any atom is -0.481 e. The number of ether oxygens (including phenoxy) is 1. The van der Waals surface area contributed by atoms with Crippen LogP contribution in [0.4, 0.5) is 0 Å². The Morgan fingerprint density at radius 1 is 0.893 bits per heavy atom. The second kappa shape index (κ2) is 15.2. The van der Waals surface area contributed by atoms with Crippen molar-refractivity contribution in [3.63, 3.8) is 0 Å². The molecule has 312 valence electrons. The van der Waals surface area contributed by atoms with Gasteiger partial charge in [0.2, 0.25) is 0 Å². The lowest BCUT2D eigenvalue weighted by Gasteiger charge is -2.72. The summed E-state index contributed by atoms with van der Waals surface area (Å²) in [6.45, 7) is 25.4. The fourth-order valence-corrected chi connectivity index (χ4v) is 13.9. The van der Waals surface area contributed by atoms with Crippen LogP contribution in [0.3, 0.4) is 0 Å². The minimum atomic E-state index is -1.15. The van der Waals surface area contributed by atoms with Gasteiger partial charge in [-0.2, -0.15) is 0 Å². The van der Waals surface area contributed by atoms with Gasteiger partial charge in [0.1, 0.15) is 6.10 Å². The number of allylic oxidation sites excluding steroid dienone is 2. The Labute approximate surface area is 339 Å². The van der Waals surface area contributed by atoms with Gasteiger partial charge in [-0.25, -0.2) is 0 Å². The van der Waals surface area contributed by atoms with Crippen molar-refractivity contribution in [2.45, 2.75) is 152 Å². The van der Waals surface area contributed by atoms with E-state index in [0.717, 1.165) is 71.0 Å². The number of carboxylic acids is 1. The van der Waals surface area contributed by atoms with Crippen LogP contribution in [0.2, 0.25) is 0 Å². The molecule has 8 nitrogen and oxygen atoms in total. The van der Waals surface area contributed by atoms with Crippen molar-refractivity contribution in [1.82, 2.24) is 14.8 Å². The highest BCUT2D eigenvalue weighted by molar-refractivity contribution is 6.00. The molecule has 1 heterocycles. The van der Waals surface area contributed by atoms with Crippen molar-refractivity contribution in [2.24, 2.45) is 56.2 Å². The van der Waals surface area contributed by atoms with E-state index in [9.17, 15) is 19.5 Å². The van der Waals surface area contributed by atoms with Crippen molar-refractivity contribution in [3.05, 3.63) is 41.2 Å². The maximum atomic E-state index is 14.3. The number of rotatable bonds is 13. The maximum absolute atomic E-state index is 14.3. The summed E-state index contributed by atoms with van der Waals surface area (Å²) in [4.78, 5) is 48.5. The molecule has 0 unspecified atom stereocenters. The average Bonchev–Trinajstić information content (AvgIpc) is 3.41. The summed E-state index contributed by atoms with van der Waals surface area (Å²) in [5.41, 5.74) is 2.92. The molecule has 8 heteroatoms. The fourth-order valence-electron chi connectivity index (χ4n) is 13.9. The quantitative estimate of drug-likeness (QED) is 0.198. The number of hydrogen-bond donors (Lipinski definition) is 1. The molecule has 4 fully saturated rings. The number of aromatic nitrogens is 1. The normalized spacial score (nSPS) is 35.9. The molecular formula is C48H75N3O5. The number of esters is 1. The van der Waals surface area contributed by atoms with E-state index < -0.39 is 17.4 Å². The zero-order valence-electron chi connectivity index (χ0n) is 37.1. The summed E-state index contributed by atoms with van der Waals surface area (Å²) in [5, 5.41) is 9.65. The van der Waals surface area contributed by atoms with Crippen LogP contribution in [0, 0.1) is 56.2 Å². The molecule has 5 aliphatic carbocycles. The number of carbonyl (C=O) groups excluding carboxylic acids is 2. The number of carbonyl (C=O) groups is 3. The minimum absolute atomic E-state index is 0.0708. The molecule has 0 amide bonds. The molecule has 0 saturated heterocycles. The smallest absolute Gasteiger partial charge is 0.309 e.